The molecule has 3 nitrogen and oxygen atoms in total. The minimum absolute atomic E-state index is 0.855. The number of unbranched alkanes of at least 4 members (excludes halogenated alkanes) is 3. The van der Waals surface area contributed by atoms with Crippen molar-refractivity contribution < 1.29 is 0 Å². The van der Waals surface area contributed by atoms with Crippen molar-refractivity contribution in [3.63, 3.8) is 0 Å². The summed E-state index contributed by atoms with van der Waals surface area (Å²) < 4.78 is 0. The molecule has 2 heterocycles. The summed E-state index contributed by atoms with van der Waals surface area (Å²) in [5.41, 5.74) is 2.07. The first kappa shape index (κ1) is 16.5. The van der Waals surface area contributed by atoms with Gasteiger partial charge in [0.15, 0.2) is 0 Å². The van der Waals surface area contributed by atoms with Crippen molar-refractivity contribution in [2.75, 3.05) is 18.6 Å². The Morgan fingerprint density at radius 3 is 2.90 bits per heavy atom. The summed E-state index contributed by atoms with van der Waals surface area (Å²) in [7, 11) is 0. The monoisotopic (exact) mass is 321 g/mol. The van der Waals surface area contributed by atoms with Crippen molar-refractivity contribution in [2.24, 2.45) is 0 Å². The van der Waals surface area contributed by atoms with E-state index >= 15 is 0 Å². The Bertz CT molecular complexity index is 499. The van der Waals surface area contributed by atoms with Crippen molar-refractivity contribution in [2.45, 2.75) is 32.2 Å². The molecule has 21 heavy (non-hydrogen) atoms. The van der Waals surface area contributed by atoms with Crippen LogP contribution in [0.3, 0.4) is 0 Å². The second kappa shape index (κ2) is 9.92. The highest BCUT2D eigenvalue weighted by Crippen LogP contribution is 2.21. The maximum absolute atomic E-state index is 4.63. The van der Waals surface area contributed by atoms with Crippen molar-refractivity contribution in [1.82, 2.24) is 15.3 Å². The third-order valence-corrected chi connectivity index (χ3v) is 4.80. The lowest BCUT2D eigenvalue weighted by Crippen LogP contribution is -2.14. The Kier molecular flexibility index (Phi) is 7.78. The van der Waals surface area contributed by atoms with E-state index in [4.69, 9.17) is 0 Å². The van der Waals surface area contributed by atoms with E-state index in [9.17, 15) is 0 Å². The molecule has 0 amide bonds. The number of hydrogen-bond acceptors (Lipinski definition) is 5. The summed E-state index contributed by atoms with van der Waals surface area (Å²) in [4.78, 5) is 8.96. The quantitative estimate of drug-likeness (QED) is 0.665. The van der Waals surface area contributed by atoms with Crippen molar-refractivity contribution in [3.8, 4) is 10.7 Å². The lowest BCUT2D eigenvalue weighted by molar-refractivity contribution is 0.596. The molecule has 2 aromatic rings. The van der Waals surface area contributed by atoms with Gasteiger partial charge in [0.25, 0.3) is 0 Å². The number of hydrogen-bond donors (Lipinski definition) is 1. The van der Waals surface area contributed by atoms with Crippen LogP contribution in [0.15, 0.2) is 29.8 Å². The van der Waals surface area contributed by atoms with E-state index in [1.165, 1.54) is 31.4 Å². The van der Waals surface area contributed by atoms with Gasteiger partial charge in [-0.1, -0.05) is 18.9 Å². The molecule has 0 fully saturated rings. The van der Waals surface area contributed by atoms with Crippen molar-refractivity contribution in [1.29, 1.82) is 0 Å². The first-order valence-electron chi connectivity index (χ1n) is 7.45. The molecular weight excluding hydrogens is 298 g/mol. The Balaban J connectivity index is 1.63. The molecule has 0 saturated heterocycles. The number of nitrogens with zero attached hydrogens (tertiary/aromatic N) is 2. The van der Waals surface area contributed by atoms with Crippen LogP contribution in [0, 0.1) is 0 Å². The molecule has 0 bridgehead atoms. The molecule has 2 rings (SSSR count). The third kappa shape index (κ3) is 6.16. The SMILES string of the molecule is CSCCCCCCNCc1csc(-c2ccccn2)n1. The van der Waals surface area contributed by atoms with Crippen molar-refractivity contribution >= 4 is 23.1 Å². The second-order valence-electron chi connectivity index (χ2n) is 4.94. The van der Waals surface area contributed by atoms with E-state index in [1.54, 1.807) is 11.3 Å². The molecule has 1 N–H and O–H groups in total. The average molecular weight is 322 g/mol. The van der Waals surface area contributed by atoms with Gasteiger partial charge in [0.05, 0.1) is 11.4 Å². The smallest absolute Gasteiger partial charge is 0.142 e. The normalized spacial score (nSPS) is 10.9. The molecule has 0 unspecified atom stereocenters. The zero-order valence-electron chi connectivity index (χ0n) is 12.5. The standard InChI is InChI=1S/C16H23N3S2/c1-20-11-7-3-2-5-9-17-12-14-13-21-16(19-14)15-8-4-6-10-18-15/h4,6,8,10,13,17H,2-3,5,7,9,11-12H2,1H3. The predicted molar refractivity (Wildman–Crippen MR) is 93.9 cm³/mol. The number of nitrogens with one attached hydrogen (secondary N) is 1. The number of aromatic nitrogens is 2. The molecule has 2 aromatic heterocycles. The Morgan fingerprint density at radius 1 is 1.19 bits per heavy atom. The van der Waals surface area contributed by atoms with Gasteiger partial charge in [-0.2, -0.15) is 11.8 Å². The van der Waals surface area contributed by atoms with Gasteiger partial charge in [0.2, 0.25) is 0 Å². The Labute approximate surface area is 135 Å². The summed E-state index contributed by atoms with van der Waals surface area (Å²) >= 11 is 3.60. The fourth-order valence-electron chi connectivity index (χ4n) is 2.06. The highest BCUT2D eigenvalue weighted by molar-refractivity contribution is 7.98. The van der Waals surface area contributed by atoms with Crippen LogP contribution in [0.1, 0.15) is 31.4 Å². The van der Waals surface area contributed by atoms with Crippen LogP contribution < -0.4 is 5.32 Å². The zero-order chi connectivity index (χ0) is 14.8. The van der Waals surface area contributed by atoms with Crippen LogP contribution >= 0.6 is 23.1 Å². The van der Waals surface area contributed by atoms with E-state index in [-0.39, 0.29) is 0 Å². The number of thioether (sulfide) groups is 1. The van der Waals surface area contributed by atoms with Crippen LogP contribution in [0.4, 0.5) is 0 Å². The van der Waals surface area contributed by atoms with Crippen molar-refractivity contribution in [3.05, 3.63) is 35.5 Å². The van der Waals surface area contributed by atoms with Crippen LogP contribution in [-0.4, -0.2) is 28.5 Å². The highest BCUT2D eigenvalue weighted by atomic mass is 32.2. The molecule has 5 heteroatoms. The van der Waals surface area contributed by atoms with Gasteiger partial charge < -0.3 is 5.32 Å². The van der Waals surface area contributed by atoms with E-state index in [0.29, 0.717) is 0 Å². The molecule has 0 atom stereocenters. The minimum atomic E-state index is 0.855. The minimum Gasteiger partial charge on any atom is -0.311 e. The first-order valence-corrected chi connectivity index (χ1v) is 9.73. The lowest BCUT2D eigenvalue weighted by Gasteiger charge is -2.02. The predicted octanol–water partition coefficient (Wildman–Crippen LogP) is 4.22. The maximum atomic E-state index is 4.63. The average Bonchev–Trinajstić information content (AvgIpc) is 3.00. The molecule has 0 saturated carbocycles. The van der Waals surface area contributed by atoms with Gasteiger partial charge in [0, 0.05) is 18.1 Å². The molecule has 114 valence electrons. The van der Waals surface area contributed by atoms with Crippen LogP contribution in [0.5, 0.6) is 0 Å². The maximum Gasteiger partial charge on any atom is 0.142 e. The fraction of sp³-hybridized carbons (Fsp3) is 0.500. The van der Waals surface area contributed by atoms with Crippen LogP contribution in [-0.2, 0) is 6.54 Å². The molecule has 0 radical (unpaired) electrons. The number of thiazole rings is 1. The highest BCUT2D eigenvalue weighted by Gasteiger charge is 2.04. The molecule has 0 spiro atoms. The lowest BCUT2D eigenvalue weighted by atomic mass is 10.2. The van der Waals surface area contributed by atoms with Gasteiger partial charge in [-0.3, -0.25) is 4.98 Å². The summed E-state index contributed by atoms with van der Waals surface area (Å²) in [5.74, 6) is 1.29. The summed E-state index contributed by atoms with van der Waals surface area (Å²) in [6, 6.07) is 5.93. The molecular formula is C16H23N3S2. The van der Waals surface area contributed by atoms with Crippen LogP contribution in [0.2, 0.25) is 0 Å². The number of pyridine rings is 1. The molecule has 0 aliphatic heterocycles. The summed E-state index contributed by atoms with van der Waals surface area (Å²) in [6.07, 6.45) is 9.26. The van der Waals surface area contributed by atoms with Gasteiger partial charge in [-0.05, 0) is 43.5 Å². The first-order chi connectivity index (χ1) is 10.4. The number of rotatable bonds is 10. The Morgan fingerprint density at radius 2 is 2.10 bits per heavy atom. The van der Waals surface area contributed by atoms with Gasteiger partial charge in [-0.15, -0.1) is 11.3 Å². The fourth-order valence-corrected chi connectivity index (χ4v) is 3.35. The van der Waals surface area contributed by atoms with E-state index in [1.807, 2.05) is 36.2 Å². The van der Waals surface area contributed by atoms with Gasteiger partial charge in [-0.25, -0.2) is 4.98 Å². The van der Waals surface area contributed by atoms with E-state index in [2.05, 4.69) is 26.9 Å². The summed E-state index contributed by atoms with van der Waals surface area (Å²) in [6.45, 7) is 1.93. The van der Waals surface area contributed by atoms with Crippen LogP contribution in [0.25, 0.3) is 10.7 Å². The molecule has 0 aliphatic rings. The van der Waals surface area contributed by atoms with E-state index in [0.717, 1.165) is 29.5 Å². The largest absolute Gasteiger partial charge is 0.311 e. The van der Waals surface area contributed by atoms with Gasteiger partial charge in [0.1, 0.15) is 5.01 Å². The summed E-state index contributed by atoms with van der Waals surface area (Å²) in [5, 5.41) is 6.60. The molecule has 0 aromatic carbocycles. The molecule has 0 aliphatic carbocycles. The van der Waals surface area contributed by atoms with Gasteiger partial charge >= 0.3 is 0 Å². The topological polar surface area (TPSA) is 37.8 Å². The zero-order valence-corrected chi connectivity index (χ0v) is 14.2. The third-order valence-electron chi connectivity index (χ3n) is 3.19. The second-order valence-corrected chi connectivity index (χ2v) is 6.79. The Hall–Kier alpha value is -0.910. The van der Waals surface area contributed by atoms with E-state index < -0.39 is 0 Å².